The third-order valence-electron chi connectivity index (χ3n) is 2.82. The van der Waals surface area contributed by atoms with Gasteiger partial charge in [-0.05, 0) is 17.7 Å². The molecular weight excluding hydrogens is 300 g/mol. The zero-order valence-corrected chi connectivity index (χ0v) is 11.7. The van der Waals surface area contributed by atoms with Crippen molar-refractivity contribution in [3.8, 4) is 11.1 Å². The maximum atomic E-state index is 14.1. The number of nitrogens with zero attached hydrogens (tertiary/aromatic N) is 1. The Hall–Kier alpha value is -2.27. The van der Waals surface area contributed by atoms with E-state index in [1.807, 2.05) is 0 Å². The number of hydrogen-bond acceptors (Lipinski definition) is 3. The summed E-state index contributed by atoms with van der Waals surface area (Å²) in [5, 5.41) is 0.446. The molecule has 2 rings (SSSR count). The molecule has 0 saturated heterocycles. The van der Waals surface area contributed by atoms with Crippen molar-refractivity contribution in [3.05, 3.63) is 59.1 Å². The lowest BCUT2D eigenvalue weighted by molar-refractivity contribution is 0.0593. The highest BCUT2D eigenvalue weighted by Crippen LogP contribution is 2.34. The van der Waals surface area contributed by atoms with Crippen molar-refractivity contribution in [3.63, 3.8) is 0 Å². The average molecular weight is 310 g/mol. The number of esters is 1. The van der Waals surface area contributed by atoms with Gasteiger partial charge in [-0.3, -0.25) is 0 Å². The molecule has 0 atom stereocenters. The number of ether oxygens (including phenoxy) is 1. The van der Waals surface area contributed by atoms with Gasteiger partial charge in [0, 0.05) is 10.6 Å². The molecule has 0 amide bonds. The fraction of sp³-hybridized carbons (Fsp3) is 0.0667. The summed E-state index contributed by atoms with van der Waals surface area (Å²) in [6.07, 6.45) is 0.836. The number of hydrogen-bond donors (Lipinski definition) is 0. The van der Waals surface area contributed by atoms with Crippen molar-refractivity contribution >= 4 is 23.4 Å². The van der Waals surface area contributed by atoms with Crippen LogP contribution in [0, 0.1) is 5.82 Å². The Labute approximate surface area is 124 Å². The van der Waals surface area contributed by atoms with Gasteiger partial charge in [0.2, 0.25) is 0 Å². The number of benzene rings is 1. The first-order valence-corrected chi connectivity index (χ1v) is 6.21. The topological polar surface area (TPSA) is 39.2 Å². The molecule has 6 heteroatoms. The standard InChI is InChI=1S/C15H10ClF2NO2/c1-8(17)12-13(9-3-5-10(16)6-4-9)11(18)7-19-14(12)15(20)21-2/h3-7H,1H2,2H3. The van der Waals surface area contributed by atoms with Crippen LogP contribution >= 0.6 is 11.6 Å². The van der Waals surface area contributed by atoms with Gasteiger partial charge in [0.1, 0.15) is 11.6 Å². The van der Waals surface area contributed by atoms with Gasteiger partial charge < -0.3 is 4.74 Å². The highest BCUT2D eigenvalue weighted by atomic mass is 35.5. The molecule has 0 spiro atoms. The maximum absolute atomic E-state index is 14.1. The normalized spacial score (nSPS) is 10.3. The highest BCUT2D eigenvalue weighted by molar-refractivity contribution is 6.30. The van der Waals surface area contributed by atoms with Crippen LogP contribution in [-0.4, -0.2) is 18.1 Å². The minimum atomic E-state index is -0.979. The summed E-state index contributed by atoms with van der Waals surface area (Å²) in [5.74, 6) is -2.63. The summed E-state index contributed by atoms with van der Waals surface area (Å²) in [5.41, 5.74) is -0.437. The van der Waals surface area contributed by atoms with Gasteiger partial charge in [0.05, 0.1) is 18.9 Å². The van der Waals surface area contributed by atoms with Crippen molar-refractivity contribution in [1.29, 1.82) is 0 Å². The van der Waals surface area contributed by atoms with Crippen LogP contribution in [0.1, 0.15) is 16.1 Å². The van der Waals surface area contributed by atoms with Gasteiger partial charge in [-0.1, -0.05) is 30.3 Å². The lowest BCUT2D eigenvalue weighted by Crippen LogP contribution is -2.10. The van der Waals surface area contributed by atoms with Gasteiger partial charge in [-0.2, -0.15) is 0 Å². The van der Waals surface area contributed by atoms with Crippen molar-refractivity contribution < 1.29 is 18.3 Å². The molecule has 3 nitrogen and oxygen atoms in total. The lowest BCUT2D eigenvalue weighted by Gasteiger charge is -2.12. The summed E-state index contributed by atoms with van der Waals surface area (Å²) < 4.78 is 32.4. The van der Waals surface area contributed by atoms with Crippen LogP contribution in [0.15, 0.2) is 37.0 Å². The second kappa shape index (κ2) is 6.01. The molecule has 1 aromatic heterocycles. The van der Waals surface area contributed by atoms with Gasteiger partial charge in [-0.15, -0.1) is 0 Å². The monoisotopic (exact) mass is 309 g/mol. The van der Waals surface area contributed by atoms with Gasteiger partial charge in [0.15, 0.2) is 5.69 Å². The second-order valence-electron chi connectivity index (χ2n) is 4.11. The minimum absolute atomic E-state index is 0.116. The molecule has 0 saturated carbocycles. The fourth-order valence-electron chi connectivity index (χ4n) is 1.90. The molecule has 0 fully saturated rings. The molecule has 1 heterocycles. The SMILES string of the molecule is C=C(F)c1c(C(=O)OC)ncc(F)c1-c1ccc(Cl)cc1. The maximum Gasteiger partial charge on any atom is 0.357 e. The molecule has 0 N–H and O–H groups in total. The molecule has 0 aliphatic rings. The Bertz CT molecular complexity index is 714. The second-order valence-corrected chi connectivity index (χ2v) is 4.54. The van der Waals surface area contributed by atoms with Crippen LogP contribution in [0.5, 0.6) is 0 Å². The lowest BCUT2D eigenvalue weighted by atomic mass is 9.98. The van der Waals surface area contributed by atoms with E-state index >= 15 is 0 Å². The summed E-state index contributed by atoms with van der Waals surface area (Å²) in [6, 6.07) is 6.07. The number of carbonyl (C=O) groups is 1. The molecule has 0 bridgehead atoms. The molecule has 1 aromatic carbocycles. The van der Waals surface area contributed by atoms with Crippen molar-refractivity contribution in [2.24, 2.45) is 0 Å². The summed E-state index contributed by atoms with van der Waals surface area (Å²) in [6.45, 7) is 3.14. The predicted octanol–water partition coefficient (Wildman–Crippen LogP) is 4.27. The van der Waals surface area contributed by atoms with Gasteiger partial charge in [-0.25, -0.2) is 18.6 Å². The Kier molecular flexibility index (Phi) is 4.33. The number of methoxy groups -OCH3 is 1. The Morgan fingerprint density at radius 3 is 2.48 bits per heavy atom. The van der Waals surface area contributed by atoms with E-state index in [0.717, 1.165) is 13.3 Å². The van der Waals surface area contributed by atoms with E-state index in [9.17, 15) is 13.6 Å². The highest BCUT2D eigenvalue weighted by Gasteiger charge is 2.23. The Morgan fingerprint density at radius 2 is 1.95 bits per heavy atom. The molecule has 108 valence electrons. The minimum Gasteiger partial charge on any atom is -0.464 e. The predicted molar refractivity (Wildman–Crippen MR) is 76.1 cm³/mol. The molecular formula is C15H10ClF2NO2. The molecule has 21 heavy (non-hydrogen) atoms. The number of aromatic nitrogens is 1. The van der Waals surface area contributed by atoms with Crippen LogP contribution < -0.4 is 0 Å². The van der Waals surface area contributed by atoms with E-state index in [1.54, 1.807) is 0 Å². The van der Waals surface area contributed by atoms with Crippen molar-refractivity contribution in [2.75, 3.05) is 7.11 Å². The number of carbonyl (C=O) groups excluding carboxylic acids is 1. The molecule has 0 aliphatic heterocycles. The number of pyridine rings is 1. The number of rotatable bonds is 3. The zero-order valence-electron chi connectivity index (χ0n) is 11.0. The van der Waals surface area contributed by atoms with Crippen LogP contribution in [-0.2, 0) is 4.74 Å². The third-order valence-corrected chi connectivity index (χ3v) is 3.07. The average Bonchev–Trinajstić information content (AvgIpc) is 2.47. The van der Waals surface area contributed by atoms with Crippen molar-refractivity contribution in [1.82, 2.24) is 4.98 Å². The summed E-state index contributed by atoms with van der Waals surface area (Å²) in [4.78, 5) is 15.2. The smallest absolute Gasteiger partial charge is 0.357 e. The third kappa shape index (κ3) is 2.92. The van der Waals surface area contributed by atoms with Gasteiger partial charge in [0.25, 0.3) is 0 Å². The molecule has 0 aliphatic carbocycles. The quantitative estimate of drug-likeness (QED) is 0.795. The molecule has 0 unspecified atom stereocenters. The van der Waals surface area contributed by atoms with E-state index < -0.39 is 17.6 Å². The van der Waals surface area contributed by atoms with Crippen LogP contribution in [0.2, 0.25) is 5.02 Å². The molecule has 2 aromatic rings. The first-order chi connectivity index (χ1) is 9.95. The summed E-state index contributed by atoms with van der Waals surface area (Å²) in [7, 11) is 1.13. The van der Waals surface area contributed by atoms with Crippen LogP contribution in [0.25, 0.3) is 17.0 Å². The van der Waals surface area contributed by atoms with E-state index in [1.165, 1.54) is 24.3 Å². The van der Waals surface area contributed by atoms with E-state index in [2.05, 4.69) is 16.3 Å². The van der Waals surface area contributed by atoms with Crippen LogP contribution in [0.3, 0.4) is 0 Å². The van der Waals surface area contributed by atoms with Crippen molar-refractivity contribution in [2.45, 2.75) is 0 Å². The number of halogens is 3. The van der Waals surface area contributed by atoms with Crippen LogP contribution in [0.4, 0.5) is 8.78 Å². The Morgan fingerprint density at radius 1 is 1.33 bits per heavy atom. The van der Waals surface area contributed by atoms with E-state index in [-0.39, 0.29) is 16.8 Å². The largest absolute Gasteiger partial charge is 0.464 e. The van der Waals surface area contributed by atoms with E-state index in [0.29, 0.717) is 10.6 Å². The first kappa shape index (κ1) is 15.1. The first-order valence-electron chi connectivity index (χ1n) is 5.83. The van der Waals surface area contributed by atoms with E-state index in [4.69, 9.17) is 11.6 Å². The zero-order chi connectivity index (χ0) is 15.6. The molecule has 0 radical (unpaired) electrons. The van der Waals surface area contributed by atoms with Gasteiger partial charge >= 0.3 is 5.97 Å². The summed E-state index contributed by atoms with van der Waals surface area (Å²) >= 11 is 5.77. The Balaban J connectivity index is 2.77. The fourth-order valence-corrected chi connectivity index (χ4v) is 2.03.